The van der Waals surface area contributed by atoms with Gasteiger partial charge in [0.25, 0.3) is 0 Å². The van der Waals surface area contributed by atoms with Gasteiger partial charge in [-0.3, -0.25) is 4.98 Å². The topological polar surface area (TPSA) is 88.4 Å². The number of phenols is 1. The largest absolute Gasteiger partial charge is 0.612 e. The van der Waals surface area contributed by atoms with Crippen molar-refractivity contribution in [2.75, 3.05) is 25.1 Å². The molecular formula is C23H28N2O3S2. The lowest BCUT2D eigenvalue weighted by Crippen LogP contribution is -2.22. The SMILES string of the molecule is C[S+]([O-])c1cc(C(O)CNCCCCSCc2cnc3ccccc3c2)ccc1O. The van der Waals surface area contributed by atoms with Crippen molar-refractivity contribution in [3.63, 3.8) is 0 Å². The van der Waals surface area contributed by atoms with Crippen molar-refractivity contribution >= 4 is 33.8 Å². The molecule has 0 amide bonds. The number of phenolic OH excluding ortho intramolecular Hbond substituents is 1. The number of pyridine rings is 1. The number of nitrogens with zero attached hydrogens (tertiary/aromatic N) is 1. The van der Waals surface area contributed by atoms with Crippen molar-refractivity contribution in [3.8, 4) is 5.75 Å². The Labute approximate surface area is 185 Å². The zero-order valence-corrected chi connectivity index (χ0v) is 18.7. The van der Waals surface area contributed by atoms with Crippen LogP contribution in [0, 0.1) is 0 Å². The summed E-state index contributed by atoms with van der Waals surface area (Å²) in [7, 11) is 0. The number of aliphatic hydroxyl groups is 1. The first kappa shape index (κ1) is 22.9. The Morgan fingerprint density at radius 2 is 2.00 bits per heavy atom. The molecular weight excluding hydrogens is 416 g/mol. The number of nitrogens with one attached hydrogen (secondary N) is 1. The lowest BCUT2D eigenvalue weighted by atomic mass is 10.1. The van der Waals surface area contributed by atoms with Gasteiger partial charge in [0.1, 0.15) is 6.26 Å². The molecule has 3 N–H and O–H groups in total. The predicted molar refractivity (Wildman–Crippen MR) is 125 cm³/mol. The van der Waals surface area contributed by atoms with Gasteiger partial charge >= 0.3 is 0 Å². The van der Waals surface area contributed by atoms with Crippen molar-refractivity contribution in [2.45, 2.75) is 29.6 Å². The minimum Gasteiger partial charge on any atom is -0.612 e. The molecule has 160 valence electrons. The van der Waals surface area contributed by atoms with Gasteiger partial charge in [-0.2, -0.15) is 11.8 Å². The minimum atomic E-state index is -1.29. The van der Waals surface area contributed by atoms with Crippen LogP contribution in [0.3, 0.4) is 0 Å². The number of aromatic hydroxyl groups is 1. The van der Waals surface area contributed by atoms with Crippen molar-refractivity contribution in [2.24, 2.45) is 0 Å². The summed E-state index contributed by atoms with van der Waals surface area (Å²) in [5.41, 5.74) is 2.94. The number of fused-ring (bicyclic) bond motifs is 1. The highest BCUT2D eigenvalue weighted by Crippen LogP contribution is 2.26. The Bertz CT molecular complexity index is 953. The lowest BCUT2D eigenvalue weighted by molar-refractivity contribution is 0.174. The number of aliphatic hydroxyl groups excluding tert-OH is 1. The van der Waals surface area contributed by atoms with E-state index in [-0.39, 0.29) is 5.75 Å². The maximum absolute atomic E-state index is 11.6. The van der Waals surface area contributed by atoms with Gasteiger partial charge in [0.2, 0.25) is 0 Å². The summed E-state index contributed by atoms with van der Waals surface area (Å²) in [4.78, 5) is 4.86. The van der Waals surface area contributed by atoms with Crippen LogP contribution in [0.5, 0.6) is 5.75 Å². The normalized spacial score (nSPS) is 13.4. The van der Waals surface area contributed by atoms with Crippen LogP contribution < -0.4 is 5.32 Å². The number of unbranched alkanes of at least 4 members (excludes halogenated alkanes) is 1. The molecule has 7 heteroatoms. The number of benzene rings is 2. The number of para-hydroxylation sites is 1. The van der Waals surface area contributed by atoms with Gasteiger partial charge in [-0.05, 0) is 65.6 Å². The summed E-state index contributed by atoms with van der Waals surface area (Å²) in [5.74, 6) is 2.05. The molecule has 0 bridgehead atoms. The molecule has 0 spiro atoms. The smallest absolute Gasteiger partial charge is 0.194 e. The summed E-state index contributed by atoms with van der Waals surface area (Å²) in [5, 5.41) is 24.5. The van der Waals surface area contributed by atoms with Gasteiger partial charge in [-0.15, -0.1) is 0 Å². The fraction of sp³-hybridized carbons (Fsp3) is 0.348. The van der Waals surface area contributed by atoms with Crippen molar-refractivity contribution in [3.05, 3.63) is 65.9 Å². The average Bonchev–Trinajstić information content (AvgIpc) is 2.75. The number of rotatable bonds is 11. The molecule has 1 heterocycles. The molecule has 2 aromatic carbocycles. The van der Waals surface area contributed by atoms with Crippen LogP contribution in [-0.4, -0.2) is 44.8 Å². The number of hydrogen-bond donors (Lipinski definition) is 3. The molecule has 5 nitrogen and oxygen atoms in total. The van der Waals surface area contributed by atoms with Crippen molar-refractivity contribution in [1.29, 1.82) is 0 Å². The fourth-order valence-corrected chi connectivity index (χ4v) is 4.78. The molecule has 0 aliphatic carbocycles. The standard InChI is InChI=1S/C23H28N2O3S2/c1-30(28)23-13-19(8-9-21(23)26)22(27)15-24-10-4-5-11-29-16-17-12-18-6-2-3-7-20(18)25-14-17/h2-3,6-9,12-14,22,24,26-27H,4-5,10-11,15-16H2,1H3. The van der Waals surface area contributed by atoms with Gasteiger partial charge < -0.3 is 20.1 Å². The van der Waals surface area contributed by atoms with E-state index >= 15 is 0 Å². The van der Waals surface area contributed by atoms with Crippen molar-refractivity contribution in [1.82, 2.24) is 10.3 Å². The van der Waals surface area contributed by atoms with Crippen LogP contribution >= 0.6 is 11.8 Å². The van der Waals surface area contributed by atoms with E-state index in [1.165, 1.54) is 23.3 Å². The molecule has 0 fully saturated rings. The second kappa shape index (κ2) is 11.6. The third kappa shape index (κ3) is 6.62. The number of hydrogen-bond acceptors (Lipinski definition) is 6. The first-order valence-corrected chi connectivity index (χ1v) is 12.7. The zero-order valence-electron chi connectivity index (χ0n) is 17.1. The second-order valence-corrected chi connectivity index (χ2v) is 9.65. The maximum atomic E-state index is 11.6. The van der Waals surface area contributed by atoms with E-state index in [0.717, 1.165) is 36.4 Å². The van der Waals surface area contributed by atoms with E-state index in [4.69, 9.17) is 0 Å². The van der Waals surface area contributed by atoms with E-state index in [1.807, 2.05) is 36.2 Å². The van der Waals surface area contributed by atoms with E-state index in [1.54, 1.807) is 12.1 Å². The van der Waals surface area contributed by atoms with E-state index in [9.17, 15) is 14.8 Å². The molecule has 0 aliphatic rings. The average molecular weight is 445 g/mol. The third-order valence-corrected chi connectivity index (χ3v) is 6.89. The number of thioether (sulfide) groups is 1. The number of aromatic nitrogens is 1. The Morgan fingerprint density at radius 3 is 2.83 bits per heavy atom. The van der Waals surface area contributed by atoms with E-state index in [2.05, 4.69) is 22.4 Å². The summed E-state index contributed by atoms with van der Waals surface area (Å²) >= 11 is 0.624. The molecule has 1 aromatic heterocycles. The summed E-state index contributed by atoms with van der Waals surface area (Å²) in [6.45, 7) is 1.26. The minimum absolute atomic E-state index is 0.00304. The maximum Gasteiger partial charge on any atom is 0.194 e. The molecule has 3 rings (SSSR count). The summed E-state index contributed by atoms with van der Waals surface area (Å²) in [6.07, 6.45) is 4.92. The Hall–Kier alpha value is -1.77. The summed E-state index contributed by atoms with van der Waals surface area (Å²) in [6, 6.07) is 15.1. The van der Waals surface area contributed by atoms with Gasteiger partial charge in [0, 0.05) is 29.9 Å². The zero-order chi connectivity index (χ0) is 21.3. The van der Waals surface area contributed by atoms with Crippen LogP contribution in [0.25, 0.3) is 10.9 Å². The van der Waals surface area contributed by atoms with Crippen molar-refractivity contribution < 1.29 is 14.8 Å². The molecule has 2 atom stereocenters. The van der Waals surface area contributed by atoms with Gasteiger partial charge in [0.05, 0.1) is 11.6 Å². The predicted octanol–water partition coefficient (Wildman–Crippen LogP) is 4.01. The molecule has 30 heavy (non-hydrogen) atoms. The summed E-state index contributed by atoms with van der Waals surface area (Å²) < 4.78 is 11.6. The molecule has 0 saturated carbocycles. The van der Waals surface area contributed by atoms with Crippen LogP contribution in [0.4, 0.5) is 0 Å². The highest BCUT2D eigenvalue weighted by atomic mass is 32.2. The lowest BCUT2D eigenvalue weighted by Gasteiger charge is -2.14. The Balaban J connectivity index is 1.30. The molecule has 3 aromatic rings. The van der Waals surface area contributed by atoms with E-state index in [0.29, 0.717) is 17.0 Å². The van der Waals surface area contributed by atoms with Crippen LogP contribution in [0.15, 0.2) is 59.6 Å². The molecule has 0 aliphatic heterocycles. The second-order valence-electron chi connectivity index (χ2n) is 7.20. The van der Waals surface area contributed by atoms with Crippen LogP contribution in [0.2, 0.25) is 0 Å². The van der Waals surface area contributed by atoms with Crippen LogP contribution in [0.1, 0.15) is 30.1 Å². The highest BCUT2D eigenvalue weighted by Gasteiger charge is 2.15. The first-order chi connectivity index (χ1) is 14.5. The Morgan fingerprint density at radius 1 is 1.17 bits per heavy atom. The quantitative estimate of drug-likeness (QED) is 0.306. The van der Waals surface area contributed by atoms with Gasteiger partial charge in [0.15, 0.2) is 10.6 Å². The van der Waals surface area contributed by atoms with E-state index < -0.39 is 17.3 Å². The Kier molecular flexibility index (Phi) is 8.84. The van der Waals surface area contributed by atoms with Crippen LogP contribution in [-0.2, 0) is 16.9 Å². The van der Waals surface area contributed by atoms with Gasteiger partial charge in [-0.25, -0.2) is 0 Å². The highest BCUT2D eigenvalue weighted by molar-refractivity contribution is 7.98. The monoisotopic (exact) mass is 444 g/mol. The fourth-order valence-electron chi connectivity index (χ4n) is 3.16. The molecule has 0 radical (unpaired) electrons. The molecule has 2 unspecified atom stereocenters. The molecule has 0 saturated heterocycles. The van der Waals surface area contributed by atoms with Gasteiger partial charge in [-0.1, -0.05) is 24.3 Å². The first-order valence-electron chi connectivity index (χ1n) is 10.0. The third-order valence-electron chi connectivity index (χ3n) is 4.82.